The standard InChI is InChI=1S/C29H48N4O6S/c1-8-12-25(36)39-17-33(23(18(3)4)15-24(35)28-30-21(16-40-28)20(6)34)29(38)26(19(5)9-2)31-27(37)22-13-10-11-14-32(22)7/h16,18-19,22-24,26,35H,8-15,17H2,1-7H3,(H,31,37)/t19?,22?,23-,24-,26+/m1/s1. The van der Waals surface area contributed by atoms with Gasteiger partial charge in [-0.2, -0.15) is 0 Å². The number of carbonyl (C=O) groups excluding carboxylic acids is 4. The van der Waals surface area contributed by atoms with Gasteiger partial charge in [-0.05, 0) is 44.7 Å². The first-order chi connectivity index (χ1) is 18.9. The van der Waals surface area contributed by atoms with Crippen LogP contribution in [0.3, 0.4) is 0 Å². The minimum absolute atomic E-state index is 0.117. The maximum atomic E-state index is 14.2. The van der Waals surface area contributed by atoms with Crippen LogP contribution in [0.25, 0.3) is 0 Å². The van der Waals surface area contributed by atoms with Crippen molar-refractivity contribution in [2.75, 3.05) is 20.3 Å². The summed E-state index contributed by atoms with van der Waals surface area (Å²) in [7, 11) is 1.93. The number of hydrogen-bond donors (Lipinski definition) is 2. The molecule has 5 atom stereocenters. The molecule has 1 aromatic rings. The number of piperidine rings is 1. The molecule has 0 spiro atoms. The number of ketones is 1. The second-order valence-corrected chi connectivity index (χ2v) is 12.1. The first-order valence-corrected chi connectivity index (χ1v) is 15.4. The number of Topliss-reactive ketones (excluding diaryl/α,β-unsaturated/α-hetero) is 1. The second kappa shape index (κ2) is 16.2. The Labute approximate surface area is 242 Å². The Morgan fingerprint density at radius 1 is 1.23 bits per heavy atom. The van der Waals surface area contributed by atoms with E-state index in [0.717, 1.165) is 25.8 Å². The highest BCUT2D eigenvalue weighted by Crippen LogP contribution is 2.29. The van der Waals surface area contributed by atoms with Gasteiger partial charge >= 0.3 is 5.97 Å². The van der Waals surface area contributed by atoms with Gasteiger partial charge in [0.2, 0.25) is 11.8 Å². The Kier molecular flexibility index (Phi) is 13.7. The summed E-state index contributed by atoms with van der Waals surface area (Å²) >= 11 is 1.19. The topological polar surface area (TPSA) is 129 Å². The van der Waals surface area contributed by atoms with E-state index in [4.69, 9.17) is 4.74 Å². The summed E-state index contributed by atoms with van der Waals surface area (Å²) in [6.45, 7) is 11.6. The van der Waals surface area contributed by atoms with Gasteiger partial charge in [0.25, 0.3) is 0 Å². The normalized spacial score (nSPS) is 19.0. The lowest BCUT2D eigenvalue weighted by molar-refractivity contribution is -0.159. The van der Waals surface area contributed by atoms with Crippen molar-refractivity contribution in [3.63, 3.8) is 0 Å². The van der Waals surface area contributed by atoms with Crippen molar-refractivity contribution in [1.82, 2.24) is 20.1 Å². The van der Waals surface area contributed by atoms with E-state index in [0.29, 0.717) is 17.8 Å². The van der Waals surface area contributed by atoms with E-state index in [-0.39, 0.29) is 60.7 Å². The minimum atomic E-state index is -1.03. The maximum Gasteiger partial charge on any atom is 0.307 e. The van der Waals surface area contributed by atoms with Crippen LogP contribution >= 0.6 is 11.3 Å². The molecule has 0 aromatic carbocycles. The SMILES string of the molecule is CCCC(=O)OCN(C(=O)[C@@H](NC(=O)C1CCCCN1C)C(C)CC)[C@H](C[C@@H](O)c1nc(C(C)=O)cs1)C(C)C. The molecule has 11 heteroatoms. The number of esters is 1. The fraction of sp³-hybridized carbons (Fsp3) is 0.759. The molecule has 40 heavy (non-hydrogen) atoms. The summed E-state index contributed by atoms with van der Waals surface area (Å²) in [6, 6.07) is -1.64. The maximum absolute atomic E-state index is 14.2. The summed E-state index contributed by atoms with van der Waals surface area (Å²) in [4.78, 5) is 59.4. The van der Waals surface area contributed by atoms with Crippen LogP contribution in [-0.2, 0) is 19.1 Å². The molecule has 2 heterocycles. The lowest BCUT2D eigenvalue weighted by Gasteiger charge is -2.39. The molecule has 2 unspecified atom stereocenters. The second-order valence-electron chi connectivity index (χ2n) is 11.3. The minimum Gasteiger partial charge on any atom is -0.444 e. The number of amides is 2. The molecule has 1 aliphatic rings. The lowest BCUT2D eigenvalue weighted by Crippen LogP contribution is -2.59. The van der Waals surface area contributed by atoms with Crippen molar-refractivity contribution >= 4 is 34.9 Å². The zero-order chi connectivity index (χ0) is 30.0. The molecule has 0 bridgehead atoms. The van der Waals surface area contributed by atoms with Crippen molar-refractivity contribution in [2.24, 2.45) is 11.8 Å². The molecule has 226 valence electrons. The predicted molar refractivity (Wildman–Crippen MR) is 155 cm³/mol. The largest absolute Gasteiger partial charge is 0.444 e. The predicted octanol–water partition coefficient (Wildman–Crippen LogP) is 3.94. The van der Waals surface area contributed by atoms with Gasteiger partial charge < -0.3 is 20.1 Å². The fourth-order valence-corrected chi connectivity index (χ4v) is 5.80. The monoisotopic (exact) mass is 580 g/mol. The van der Waals surface area contributed by atoms with Crippen LogP contribution in [-0.4, -0.2) is 81.9 Å². The molecule has 2 N–H and O–H groups in total. The van der Waals surface area contributed by atoms with Crippen LogP contribution in [0.1, 0.15) is 108 Å². The van der Waals surface area contributed by atoms with E-state index in [1.165, 1.54) is 23.2 Å². The van der Waals surface area contributed by atoms with E-state index in [1.54, 1.807) is 5.38 Å². The smallest absolute Gasteiger partial charge is 0.307 e. The van der Waals surface area contributed by atoms with Gasteiger partial charge in [-0.1, -0.05) is 47.5 Å². The Morgan fingerprint density at radius 3 is 2.48 bits per heavy atom. The molecular weight excluding hydrogens is 532 g/mol. The molecule has 0 radical (unpaired) electrons. The first kappa shape index (κ1) is 33.8. The number of carbonyl (C=O) groups is 4. The van der Waals surface area contributed by atoms with Gasteiger partial charge in [-0.15, -0.1) is 11.3 Å². The van der Waals surface area contributed by atoms with Gasteiger partial charge in [0, 0.05) is 31.2 Å². The number of ether oxygens (including phenoxy) is 1. The quantitative estimate of drug-likeness (QED) is 0.181. The number of aliphatic hydroxyl groups excluding tert-OH is 1. The van der Waals surface area contributed by atoms with E-state index < -0.39 is 24.2 Å². The van der Waals surface area contributed by atoms with E-state index in [2.05, 4.69) is 10.3 Å². The molecule has 0 aliphatic carbocycles. The summed E-state index contributed by atoms with van der Waals surface area (Å²) in [5, 5.41) is 16.1. The van der Waals surface area contributed by atoms with Crippen LogP contribution in [0, 0.1) is 11.8 Å². The van der Waals surface area contributed by atoms with Gasteiger partial charge in [0.05, 0.1) is 6.04 Å². The van der Waals surface area contributed by atoms with Crippen LogP contribution in [0.15, 0.2) is 5.38 Å². The molecule has 0 saturated carbocycles. The van der Waals surface area contributed by atoms with Crippen LogP contribution in [0.2, 0.25) is 0 Å². The van der Waals surface area contributed by atoms with E-state index >= 15 is 0 Å². The zero-order valence-electron chi connectivity index (χ0n) is 25.1. The zero-order valence-corrected chi connectivity index (χ0v) is 26.0. The van der Waals surface area contributed by atoms with Crippen LogP contribution < -0.4 is 5.32 Å². The third kappa shape index (κ3) is 9.34. The summed E-state index contributed by atoms with van der Waals surface area (Å²) in [6.07, 6.45) is 3.33. The molecule has 1 aliphatic heterocycles. The first-order valence-electron chi connectivity index (χ1n) is 14.5. The molecule has 2 rings (SSSR count). The number of hydrogen-bond acceptors (Lipinski definition) is 9. The van der Waals surface area contributed by atoms with Crippen molar-refractivity contribution < 1.29 is 29.0 Å². The molecule has 1 fully saturated rings. The molecular formula is C29H48N4O6S. The van der Waals surface area contributed by atoms with Crippen molar-refractivity contribution in [1.29, 1.82) is 0 Å². The third-order valence-electron chi connectivity index (χ3n) is 7.75. The van der Waals surface area contributed by atoms with E-state index in [9.17, 15) is 24.3 Å². The van der Waals surface area contributed by atoms with E-state index in [1.807, 2.05) is 46.6 Å². The number of aliphatic hydroxyl groups is 1. The molecule has 1 saturated heterocycles. The average Bonchev–Trinajstić information content (AvgIpc) is 3.41. The van der Waals surface area contributed by atoms with Crippen LogP contribution in [0.5, 0.6) is 0 Å². The summed E-state index contributed by atoms with van der Waals surface area (Å²) < 4.78 is 5.53. The number of nitrogens with one attached hydrogen (secondary N) is 1. The highest BCUT2D eigenvalue weighted by atomic mass is 32.1. The summed E-state index contributed by atoms with van der Waals surface area (Å²) in [5.74, 6) is -1.42. The van der Waals surface area contributed by atoms with Crippen molar-refractivity contribution in [3.05, 3.63) is 16.1 Å². The Balaban J connectivity index is 2.37. The van der Waals surface area contributed by atoms with Crippen LogP contribution in [0.4, 0.5) is 0 Å². The van der Waals surface area contributed by atoms with Gasteiger partial charge in [-0.25, -0.2) is 4.98 Å². The van der Waals surface area contributed by atoms with Gasteiger partial charge in [0.15, 0.2) is 12.5 Å². The number of aromatic nitrogens is 1. The van der Waals surface area contributed by atoms with Gasteiger partial charge in [0.1, 0.15) is 22.8 Å². The number of rotatable bonds is 15. The number of likely N-dealkylation sites (tertiary alicyclic amines) is 1. The van der Waals surface area contributed by atoms with Gasteiger partial charge in [-0.3, -0.25) is 24.1 Å². The number of nitrogens with zero attached hydrogens (tertiary/aromatic N) is 3. The lowest BCUT2D eigenvalue weighted by atomic mass is 9.92. The fourth-order valence-electron chi connectivity index (χ4n) is 4.95. The van der Waals surface area contributed by atoms with Crippen molar-refractivity contribution in [2.45, 2.75) is 111 Å². The Bertz CT molecular complexity index is 999. The Hall–Kier alpha value is -2.37. The molecule has 1 aromatic heterocycles. The Morgan fingerprint density at radius 2 is 1.93 bits per heavy atom. The summed E-state index contributed by atoms with van der Waals surface area (Å²) in [5.41, 5.74) is 0.286. The average molecular weight is 581 g/mol. The molecule has 2 amide bonds. The number of thiazole rings is 1. The highest BCUT2D eigenvalue weighted by molar-refractivity contribution is 7.09. The number of likely N-dealkylation sites (N-methyl/N-ethyl adjacent to an activating group) is 1. The highest BCUT2D eigenvalue weighted by Gasteiger charge is 2.38. The molecule has 10 nitrogen and oxygen atoms in total. The van der Waals surface area contributed by atoms with Crippen molar-refractivity contribution in [3.8, 4) is 0 Å². The third-order valence-corrected chi connectivity index (χ3v) is 8.70.